The van der Waals surface area contributed by atoms with Gasteiger partial charge < -0.3 is 9.88 Å². The molecular formula is C23H48NOP. The molecule has 1 N–H and O–H groups in total. The molecule has 0 saturated heterocycles. The second kappa shape index (κ2) is 16.2. The number of hydrogen-bond donors (Lipinski definition) is 1. The van der Waals surface area contributed by atoms with E-state index in [-0.39, 0.29) is 0 Å². The van der Waals surface area contributed by atoms with Crippen molar-refractivity contribution in [3.63, 3.8) is 0 Å². The van der Waals surface area contributed by atoms with E-state index >= 15 is 0 Å². The van der Waals surface area contributed by atoms with Crippen molar-refractivity contribution in [3.05, 3.63) is 0 Å². The van der Waals surface area contributed by atoms with Gasteiger partial charge in [0.1, 0.15) is 7.14 Å². The molecule has 1 aliphatic carbocycles. The van der Waals surface area contributed by atoms with Crippen molar-refractivity contribution in [2.24, 2.45) is 0 Å². The molecule has 0 bridgehead atoms. The van der Waals surface area contributed by atoms with Crippen LogP contribution in [0.3, 0.4) is 0 Å². The van der Waals surface area contributed by atoms with Crippen molar-refractivity contribution in [2.75, 3.05) is 18.6 Å². The van der Waals surface area contributed by atoms with Gasteiger partial charge in [0, 0.05) is 24.7 Å². The molecule has 0 amide bonds. The van der Waals surface area contributed by atoms with Gasteiger partial charge in [0.15, 0.2) is 0 Å². The average molecular weight is 386 g/mol. The Morgan fingerprint density at radius 2 is 1.15 bits per heavy atom. The maximum atomic E-state index is 13.6. The lowest BCUT2D eigenvalue weighted by Gasteiger charge is -2.26. The molecule has 1 aliphatic rings. The van der Waals surface area contributed by atoms with Gasteiger partial charge in [-0.3, -0.25) is 0 Å². The van der Waals surface area contributed by atoms with Crippen LogP contribution in [0.15, 0.2) is 0 Å². The Labute approximate surface area is 165 Å². The molecule has 0 atom stereocenters. The molecule has 0 aromatic rings. The molecule has 3 heteroatoms. The van der Waals surface area contributed by atoms with E-state index in [2.05, 4.69) is 19.2 Å². The van der Waals surface area contributed by atoms with Crippen LogP contribution in [0.2, 0.25) is 0 Å². The fraction of sp³-hybridized carbons (Fsp3) is 1.00. The number of rotatable bonds is 17. The standard InChI is InChI=1S/C23H48NOP/c1-3-5-7-9-11-16-20-26(25,21-17-12-10-8-6-4-2)22-24-23-18-14-13-15-19-23/h23-24H,3-22H2,1-2H3. The molecule has 2 nitrogen and oxygen atoms in total. The molecule has 0 radical (unpaired) electrons. The highest BCUT2D eigenvalue weighted by molar-refractivity contribution is 7.63. The Balaban J connectivity index is 2.30. The monoisotopic (exact) mass is 385 g/mol. The third kappa shape index (κ3) is 12.6. The lowest BCUT2D eigenvalue weighted by molar-refractivity contribution is 0.387. The summed E-state index contributed by atoms with van der Waals surface area (Å²) in [6.45, 7) is 4.54. The van der Waals surface area contributed by atoms with E-state index in [9.17, 15) is 4.57 Å². The van der Waals surface area contributed by atoms with Gasteiger partial charge >= 0.3 is 0 Å². The van der Waals surface area contributed by atoms with E-state index in [0.29, 0.717) is 6.04 Å². The minimum absolute atomic E-state index is 0.645. The van der Waals surface area contributed by atoms with Crippen LogP contribution >= 0.6 is 7.14 Å². The van der Waals surface area contributed by atoms with Gasteiger partial charge in [-0.15, -0.1) is 0 Å². The molecule has 26 heavy (non-hydrogen) atoms. The van der Waals surface area contributed by atoms with Crippen LogP contribution in [0, 0.1) is 0 Å². The normalized spacial score (nSPS) is 16.2. The predicted octanol–water partition coefficient (Wildman–Crippen LogP) is 7.95. The van der Waals surface area contributed by atoms with Crippen molar-refractivity contribution in [2.45, 2.75) is 129 Å². The van der Waals surface area contributed by atoms with E-state index in [4.69, 9.17) is 0 Å². The van der Waals surface area contributed by atoms with E-state index in [1.165, 1.54) is 109 Å². The highest BCUT2D eigenvalue weighted by Crippen LogP contribution is 2.46. The topological polar surface area (TPSA) is 29.1 Å². The zero-order chi connectivity index (χ0) is 18.9. The van der Waals surface area contributed by atoms with Crippen molar-refractivity contribution >= 4 is 7.14 Å². The molecule has 0 aromatic heterocycles. The van der Waals surface area contributed by atoms with Crippen molar-refractivity contribution in [1.82, 2.24) is 5.32 Å². The van der Waals surface area contributed by atoms with Crippen LogP contribution in [0.1, 0.15) is 123 Å². The molecule has 1 fully saturated rings. The van der Waals surface area contributed by atoms with Gasteiger partial charge in [0.2, 0.25) is 0 Å². The molecule has 0 unspecified atom stereocenters. The second-order valence-electron chi connectivity index (χ2n) is 8.74. The van der Waals surface area contributed by atoms with Crippen LogP contribution in [0.4, 0.5) is 0 Å². The number of nitrogens with one attached hydrogen (secondary N) is 1. The largest absolute Gasteiger partial charge is 0.322 e. The number of hydrogen-bond acceptors (Lipinski definition) is 2. The Morgan fingerprint density at radius 1 is 0.692 bits per heavy atom. The van der Waals surface area contributed by atoms with Crippen molar-refractivity contribution < 1.29 is 4.57 Å². The molecule has 0 aromatic carbocycles. The Kier molecular flexibility index (Phi) is 15.1. The SMILES string of the molecule is CCCCCCCCP(=O)(CCCCCCCC)CNC1CCCCC1. The first-order valence-corrected chi connectivity index (χ1v) is 14.3. The fourth-order valence-electron chi connectivity index (χ4n) is 4.23. The molecule has 0 aliphatic heterocycles. The average Bonchev–Trinajstić information content (AvgIpc) is 2.67. The van der Waals surface area contributed by atoms with Crippen molar-refractivity contribution in [3.8, 4) is 0 Å². The van der Waals surface area contributed by atoms with E-state index in [1.54, 1.807) is 0 Å². The van der Waals surface area contributed by atoms with Gasteiger partial charge in [-0.1, -0.05) is 97.3 Å². The first-order valence-electron chi connectivity index (χ1n) is 12.0. The van der Waals surface area contributed by atoms with E-state index < -0.39 is 7.14 Å². The van der Waals surface area contributed by atoms with Gasteiger partial charge in [-0.25, -0.2) is 0 Å². The summed E-state index contributed by atoms with van der Waals surface area (Å²) >= 11 is 0. The van der Waals surface area contributed by atoms with Crippen LogP contribution < -0.4 is 5.32 Å². The molecule has 0 heterocycles. The smallest absolute Gasteiger partial charge is 0.101 e. The molecule has 156 valence electrons. The molecule has 1 rings (SSSR count). The van der Waals surface area contributed by atoms with Crippen LogP contribution in [0.25, 0.3) is 0 Å². The van der Waals surface area contributed by atoms with Crippen LogP contribution in [-0.2, 0) is 4.57 Å². The fourth-order valence-corrected chi connectivity index (χ4v) is 6.96. The Hall–Kier alpha value is 0.190. The van der Waals surface area contributed by atoms with Gasteiger partial charge in [0.05, 0.1) is 0 Å². The summed E-state index contributed by atoms with van der Waals surface area (Å²) in [5.41, 5.74) is 0. The predicted molar refractivity (Wildman–Crippen MR) is 119 cm³/mol. The van der Waals surface area contributed by atoms with Gasteiger partial charge in [0.25, 0.3) is 0 Å². The zero-order valence-electron chi connectivity index (χ0n) is 18.1. The minimum atomic E-state index is -2.01. The molecule has 1 saturated carbocycles. The van der Waals surface area contributed by atoms with E-state index in [1.807, 2.05) is 0 Å². The summed E-state index contributed by atoms with van der Waals surface area (Å²) in [4.78, 5) is 0. The zero-order valence-corrected chi connectivity index (χ0v) is 19.0. The summed E-state index contributed by atoms with van der Waals surface area (Å²) in [6, 6.07) is 0.645. The quantitative estimate of drug-likeness (QED) is 0.203. The van der Waals surface area contributed by atoms with Crippen LogP contribution in [0.5, 0.6) is 0 Å². The number of unbranched alkanes of at least 4 members (excludes halogenated alkanes) is 10. The molecule has 0 spiro atoms. The summed E-state index contributed by atoms with van der Waals surface area (Å²) in [5.74, 6) is 0. The van der Waals surface area contributed by atoms with E-state index in [0.717, 1.165) is 18.6 Å². The van der Waals surface area contributed by atoms with Gasteiger partial charge in [-0.05, 0) is 25.7 Å². The highest BCUT2D eigenvalue weighted by Gasteiger charge is 2.23. The summed E-state index contributed by atoms with van der Waals surface area (Å²) in [5, 5.41) is 3.72. The summed E-state index contributed by atoms with van der Waals surface area (Å²) in [7, 11) is -2.01. The minimum Gasteiger partial charge on any atom is -0.322 e. The third-order valence-corrected chi connectivity index (χ3v) is 9.13. The maximum Gasteiger partial charge on any atom is 0.101 e. The maximum absolute atomic E-state index is 13.6. The summed E-state index contributed by atoms with van der Waals surface area (Å²) < 4.78 is 13.6. The lowest BCUT2D eigenvalue weighted by atomic mass is 9.96. The first-order chi connectivity index (χ1) is 12.7. The first kappa shape index (κ1) is 24.2. The van der Waals surface area contributed by atoms with Gasteiger partial charge in [-0.2, -0.15) is 0 Å². The third-order valence-electron chi connectivity index (χ3n) is 6.11. The van der Waals surface area contributed by atoms with Crippen molar-refractivity contribution in [1.29, 1.82) is 0 Å². The summed E-state index contributed by atoms with van der Waals surface area (Å²) in [6.07, 6.45) is 25.2. The van der Waals surface area contributed by atoms with Crippen LogP contribution in [-0.4, -0.2) is 24.7 Å². The molecular weight excluding hydrogens is 337 g/mol. The Bertz CT molecular complexity index is 332. The lowest BCUT2D eigenvalue weighted by Crippen LogP contribution is -2.32. The Morgan fingerprint density at radius 3 is 1.65 bits per heavy atom. The second-order valence-corrected chi connectivity index (χ2v) is 12.1. The highest BCUT2D eigenvalue weighted by atomic mass is 31.2.